The van der Waals surface area contributed by atoms with Crippen molar-refractivity contribution in [2.75, 3.05) is 9.80 Å². The van der Waals surface area contributed by atoms with Gasteiger partial charge in [0.25, 0.3) is 0 Å². The number of anilines is 6. The summed E-state index contributed by atoms with van der Waals surface area (Å²) in [6.07, 6.45) is 0. The summed E-state index contributed by atoms with van der Waals surface area (Å²) < 4.78 is 0. The molecule has 0 bridgehead atoms. The third-order valence-electron chi connectivity index (χ3n) is 13.2. The Morgan fingerprint density at radius 2 is 0.603 bits per heavy atom. The molecule has 0 N–H and O–H groups in total. The van der Waals surface area contributed by atoms with Gasteiger partial charge in [0.05, 0.1) is 17.1 Å². The Bertz CT molecular complexity index is 3720. The summed E-state index contributed by atoms with van der Waals surface area (Å²) in [5.41, 5.74) is 15.8. The average Bonchev–Trinajstić information content (AvgIpc) is 3.42. The van der Waals surface area contributed by atoms with Gasteiger partial charge in [0.2, 0.25) is 0 Å². The molecule has 0 aliphatic heterocycles. The number of hydrogen-bond acceptors (Lipinski definition) is 2. The number of hydrogen-bond donors (Lipinski definition) is 0. The molecule has 0 spiro atoms. The van der Waals surface area contributed by atoms with Crippen molar-refractivity contribution in [3.8, 4) is 44.5 Å². The smallest absolute Gasteiger partial charge is 0.0541 e. The SMILES string of the molecule is c1ccc(-c2cccc(N(c3cc(-c4ccccc4)c4c(-c5ccccc5)ccc(N(c5cccc(-c6ccccc6)c5)c5cccc6ccccc56)c4c3)c3cccc4ccccc34)c2)cc1. The third kappa shape index (κ3) is 7.54. The standard InChI is InChI=1S/C66H46N2/c1-5-21-47(22-6-1)53-33-17-35-55(43-53)67(63-39-19-31-49-29-13-15-37-58(49)63)57-45-61(52-27-11-4-12-28-52)66-60(51-25-9-3-10-26-51)41-42-65(62(66)46-57)68(64-40-20-32-50-30-14-16-38-59(50)64)56-36-18-34-54(44-56)48-23-7-2-8-24-48/h1-46H. The van der Waals surface area contributed by atoms with Crippen molar-refractivity contribution in [2.24, 2.45) is 0 Å². The predicted molar refractivity (Wildman–Crippen MR) is 290 cm³/mol. The molecule has 0 aliphatic rings. The van der Waals surface area contributed by atoms with Crippen LogP contribution in [0.3, 0.4) is 0 Å². The second-order valence-corrected chi connectivity index (χ2v) is 17.3. The van der Waals surface area contributed by atoms with Crippen LogP contribution in [-0.2, 0) is 0 Å². The van der Waals surface area contributed by atoms with Gasteiger partial charge in [-0.2, -0.15) is 0 Å². The van der Waals surface area contributed by atoms with Gasteiger partial charge in [-0.3, -0.25) is 0 Å². The Morgan fingerprint density at radius 3 is 1.15 bits per heavy atom. The first-order valence-corrected chi connectivity index (χ1v) is 23.3. The molecule has 0 aliphatic carbocycles. The van der Waals surface area contributed by atoms with Crippen molar-refractivity contribution in [3.63, 3.8) is 0 Å². The summed E-state index contributed by atoms with van der Waals surface area (Å²) in [5, 5.41) is 7.04. The first kappa shape index (κ1) is 40.5. The number of rotatable bonds is 10. The maximum absolute atomic E-state index is 2.49. The fraction of sp³-hybridized carbons (Fsp3) is 0. The van der Waals surface area contributed by atoms with Crippen LogP contribution < -0.4 is 9.80 Å². The van der Waals surface area contributed by atoms with E-state index in [-0.39, 0.29) is 0 Å². The topological polar surface area (TPSA) is 6.48 Å². The monoisotopic (exact) mass is 866 g/mol. The molecule has 0 aromatic heterocycles. The van der Waals surface area contributed by atoms with Gasteiger partial charge in [-0.05, 0) is 115 Å². The minimum atomic E-state index is 1.06. The molecule has 0 heterocycles. The summed E-state index contributed by atoms with van der Waals surface area (Å²) >= 11 is 0. The van der Waals surface area contributed by atoms with E-state index in [1.807, 2.05) is 0 Å². The quantitative estimate of drug-likeness (QED) is 0.135. The molecule has 12 aromatic carbocycles. The molecule has 0 amide bonds. The van der Waals surface area contributed by atoms with Crippen LogP contribution in [0.25, 0.3) is 76.8 Å². The van der Waals surface area contributed by atoms with E-state index in [1.165, 1.54) is 49.2 Å². The van der Waals surface area contributed by atoms with Gasteiger partial charge in [-0.25, -0.2) is 0 Å². The van der Waals surface area contributed by atoms with Crippen LogP contribution in [0.4, 0.5) is 34.1 Å². The van der Waals surface area contributed by atoms with Crippen LogP contribution in [0.5, 0.6) is 0 Å². The molecule has 0 atom stereocenters. The van der Waals surface area contributed by atoms with Gasteiger partial charge in [0.15, 0.2) is 0 Å². The molecule has 12 rings (SSSR count). The molecule has 0 saturated heterocycles. The minimum Gasteiger partial charge on any atom is -0.310 e. The van der Waals surface area contributed by atoms with Crippen molar-refractivity contribution < 1.29 is 0 Å². The van der Waals surface area contributed by atoms with Gasteiger partial charge in [0, 0.05) is 33.2 Å². The van der Waals surface area contributed by atoms with Crippen LogP contribution in [0.1, 0.15) is 0 Å². The summed E-state index contributed by atoms with van der Waals surface area (Å²) in [7, 11) is 0. The van der Waals surface area contributed by atoms with E-state index in [9.17, 15) is 0 Å². The summed E-state index contributed by atoms with van der Waals surface area (Å²) in [6, 6.07) is 102. The van der Waals surface area contributed by atoms with Crippen molar-refractivity contribution in [1.82, 2.24) is 0 Å². The zero-order valence-corrected chi connectivity index (χ0v) is 37.5. The highest BCUT2D eigenvalue weighted by Gasteiger charge is 2.25. The Kier molecular flexibility index (Phi) is 10.6. The maximum atomic E-state index is 2.49. The van der Waals surface area contributed by atoms with Crippen LogP contribution in [0, 0.1) is 0 Å². The lowest BCUT2D eigenvalue weighted by atomic mass is 9.89. The van der Waals surface area contributed by atoms with E-state index in [0.717, 1.165) is 61.8 Å². The molecule has 68 heavy (non-hydrogen) atoms. The van der Waals surface area contributed by atoms with Gasteiger partial charge in [0.1, 0.15) is 0 Å². The van der Waals surface area contributed by atoms with E-state index in [2.05, 4.69) is 289 Å². The summed E-state index contributed by atoms with van der Waals surface area (Å²) in [4.78, 5) is 4.96. The molecule has 0 fully saturated rings. The van der Waals surface area contributed by atoms with Gasteiger partial charge in [-0.1, -0.05) is 224 Å². The average molecular weight is 867 g/mol. The van der Waals surface area contributed by atoms with Crippen molar-refractivity contribution in [3.05, 3.63) is 279 Å². The Morgan fingerprint density at radius 1 is 0.206 bits per heavy atom. The molecular weight excluding hydrogens is 821 g/mol. The molecule has 320 valence electrons. The largest absolute Gasteiger partial charge is 0.310 e. The number of benzene rings is 12. The normalized spacial score (nSPS) is 11.2. The number of fused-ring (bicyclic) bond motifs is 3. The zero-order valence-electron chi connectivity index (χ0n) is 37.5. The van der Waals surface area contributed by atoms with Gasteiger partial charge >= 0.3 is 0 Å². The first-order valence-electron chi connectivity index (χ1n) is 23.3. The molecule has 12 aromatic rings. The molecule has 2 nitrogen and oxygen atoms in total. The van der Waals surface area contributed by atoms with E-state index in [1.54, 1.807) is 0 Å². The molecular formula is C66H46N2. The third-order valence-corrected chi connectivity index (χ3v) is 13.2. The first-order chi connectivity index (χ1) is 33.7. The lowest BCUT2D eigenvalue weighted by Crippen LogP contribution is -2.13. The predicted octanol–water partition coefficient (Wildman–Crippen LogP) is 18.8. The van der Waals surface area contributed by atoms with E-state index in [0.29, 0.717) is 0 Å². The second-order valence-electron chi connectivity index (χ2n) is 17.3. The van der Waals surface area contributed by atoms with Crippen LogP contribution >= 0.6 is 0 Å². The molecule has 2 heteroatoms. The summed E-state index contributed by atoms with van der Waals surface area (Å²) in [6.45, 7) is 0. The summed E-state index contributed by atoms with van der Waals surface area (Å²) in [5.74, 6) is 0. The Labute approximate surface area is 397 Å². The fourth-order valence-electron chi connectivity index (χ4n) is 10.0. The highest BCUT2D eigenvalue weighted by atomic mass is 15.2. The van der Waals surface area contributed by atoms with Crippen LogP contribution in [-0.4, -0.2) is 0 Å². The van der Waals surface area contributed by atoms with Crippen molar-refractivity contribution in [2.45, 2.75) is 0 Å². The lowest BCUT2D eigenvalue weighted by molar-refractivity contribution is 1.29. The number of nitrogens with zero attached hydrogens (tertiary/aromatic N) is 2. The van der Waals surface area contributed by atoms with Gasteiger partial charge in [-0.15, -0.1) is 0 Å². The highest BCUT2D eigenvalue weighted by molar-refractivity contribution is 6.16. The molecule has 0 saturated carbocycles. The van der Waals surface area contributed by atoms with Crippen molar-refractivity contribution in [1.29, 1.82) is 0 Å². The van der Waals surface area contributed by atoms with Gasteiger partial charge < -0.3 is 9.80 Å². The van der Waals surface area contributed by atoms with E-state index >= 15 is 0 Å². The van der Waals surface area contributed by atoms with E-state index in [4.69, 9.17) is 0 Å². The Hall–Kier alpha value is -8.98. The Balaban J connectivity index is 1.22. The van der Waals surface area contributed by atoms with Crippen molar-refractivity contribution >= 4 is 66.4 Å². The van der Waals surface area contributed by atoms with Crippen LogP contribution in [0.2, 0.25) is 0 Å². The lowest BCUT2D eigenvalue weighted by Gasteiger charge is -2.32. The fourth-order valence-corrected chi connectivity index (χ4v) is 10.0. The highest BCUT2D eigenvalue weighted by Crippen LogP contribution is 2.50. The zero-order chi connectivity index (χ0) is 45.2. The molecule has 0 radical (unpaired) electrons. The van der Waals surface area contributed by atoms with Crippen LogP contribution in [0.15, 0.2) is 279 Å². The molecule has 0 unspecified atom stereocenters. The maximum Gasteiger partial charge on any atom is 0.0541 e. The van der Waals surface area contributed by atoms with E-state index < -0.39 is 0 Å². The minimum absolute atomic E-state index is 1.06. The second kappa shape index (κ2) is 17.8.